The van der Waals surface area contributed by atoms with Crippen molar-refractivity contribution < 1.29 is 32.3 Å². The molecule has 0 bridgehead atoms. The summed E-state index contributed by atoms with van der Waals surface area (Å²) in [6.07, 6.45) is 3.14. The van der Waals surface area contributed by atoms with Crippen LogP contribution >= 0.6 is 0 Å². The molecule has 3 rings (SSSR count). The third-order valence-corrected chi connectivity index (χ3v) is 5.24. The summed E-state index contributed by atoms with van der Waals surface area (Å²) in [6.45, 7) is -0.435. The van der Waals surface area contributed by atoms with Gasteiger partial charge >= 0.3 is 6.03 Å². The van der Waals surface area contributed by atoms with Crippen molar-refractivity contribution in [2.45, 2.75) is 44.1 Å². The molecule has 0 unspecified atom stereocenters. The lowest BCUT2D eigenvalue weighted by Gasteiger charge is -2.19. The van der Waals surface area contributed by atoms with E-state index in [2.05, 4.69) is 10.6 Å². The Hall–Kier alpha value is -3.11. The third-order valence-electron chi connectivity index (χ3n) is 5.24. The zero-order valence-electron chi connectivity index (χ0n) is 16.0. The van der Waals surface area contributed by atoms with Crippen LogP contribution in [0.3, 0.4) is 0 Å². The number of benzene rings is 1. The standard InChI is InChI=1S/C19H21F3N4O4/c20-11-5-6-12(16(22)15(11)21)24-14(28)10-23-13(27)4-3-9-26-17(29)19(25-18(26)30)7-1-2-8-19/h5-6H,1-4,7-10H2,(H,23,27)(H,24,28)(H,25,30). The molecule has 8 nitrogen and oxygen atoms in total. The molecule has 1 aromatic carbocycles. The van der Waals surface area contributed by atoms with E-state index < -0.39 is 53.1 Å². The van der Waals surface area contributed by atoms with Gasteiger partial charge in [-0.15, -0.1) is 0 Å². The van der Waals surface area contributed by atoms with Gasteiger partial charge in [-0.3, -0.25) is 19.3 Å². The number of nitrogens with one attached hydrogen (secondary N) is 3. The number of hydrogen-bond acceptors (Lipinski definition) is 4. The van der Waals surface area contributed by atoms with Gasteiger partial charge in [0.15, 0.2) is 17.5 Å². The number of urea groups is 1. The van der Waals surface area contributed by atoms with Gasteiger partial charge in [0.2, 0.25) is 11.8 Å². The van der Waals surface area contributed by atoms with E-state index in [1.54, 1.807) is 0 Å². The largest absolute Gasteiger partial charge is 0.347 e. The van der Waals surface area contributed by atoms with Crippen LogP contribution in [0.4, 0.5) is 23.7 Å². The van der Waals surface area contributed by atoms with E-state index in [0.717, 1.165) is 23.8 Å². The topological polar surface area (TPSA) is 108 Å². The molecular formula is C19H21F3N4O4. The molecule has 0 aromatic heterocycles. The Morgan fingerprint density at radius 1 is 1.07 bits per heavy atom. The normalized spacial score (nSPS) is 17.4. The van der Waals surface area contributed by atoms with Crippen LogP contribution in [0.15, 0.2) is 12.1 Å². The summed E-state index contributed by atoms with van der Waals surface area (Å²) in [4.78, 5) is 49.3. The second-order valence-corrected chi connectivity index (χ2v) is 7.33. The van der Waals surface area contributed by atoms with Crippen molar-refractivity contribution in [1.29, 1.82) is 0 Å². The molecule has 5 amide bonds. The van der Waals surface area contributed by atoms with Gasteiger partial charge < -0.3 is 16.0 Å². The van der Waals surface area contributed by atoms with Crippen molar-refractivity contribution in [2.75, 3.05) is 18.4 Å². The zero-order valence-corrected chi connectivity index (χ0v) is 16.0. The minimum absolute atomic E-state index is 0.0448. The molecule has 1 heterocycles. The maximum absolute atomic E-state index is 13.5. The van der Waals surface area contributed by atoms with Gasteiger partial charge in [-0.25, -0.2) is 18.0 Å². The molecule has 2 aliphatic rings. The number of amides is 5. The van der Waals surface area contributed by atoms with E-state index in [4.69, 9.17) is 0 Å². The average Bonchev–Trinajstić information content (AvgIpc) is 3.27. The van der Waals surface area contributed by atoms with Gasteiger partial charge in [-0.1, -0.05) is 12.8 Å². The highest BCUT2D eigenvalue weighted by atomic mass is 19.2. The van der Waals surface area contributed by atoms with Gasteiger partial charge in [0.05, 0.1) is 12.2 Å². The van der Waals surface area contributed by atoms with Crippen LogP contribution in [0.5, 0.6) is 0 Å². The minimum Gasteiger partial charge on any atom is -0.347 e. The maximum Gasteiger partial charge on any atom is 0.325 e. The van der Waals surface area contributed by atoms with Crippen LogP contribution in [0.25, 0.3) is 0 Å². The Bertz CT molecular complexity index is 887. The third kappa shape index (κ3) is 4.39. The molecule has 0 atom stereocenters. The van der Waals surface area contributed by atoms with Crippen LogP contribution in [-0.2, 0) is 14.4 Å². The fourth-order valence-corrected chi connectivity index (χ4v) is 3.68. The van der Waals surface area contributed by atoms with Gasteiger partial charge in [0, 0.05) is 13.0 Å². The molecule has 1 aliphatic carbocycles. The first-order chi connectivity index (χ1) is 14.2. The Morgan fingerprint density at radius 3 is 2.47 bits per heavy atom. The number of hydrogen-bond donors (Lipinski definition) is 3. The second-order valence-electron chi connectivity index (χ2n) is 7.33. The van der Waals surface area contributed by atoms with E-state index in [0.29, 0.717) is 18.9 Å². The predicted octanol–water partition coefficient (Wildman–Crippen LogP) is 1.80. The number of anilines is 1. The van der Waals surface area contributed by atoms with E-state index in [1.807, 2.05) is 5.32 Å². The average molecular weight is 426 g/mol. The van der Waals surface area contributed by atoms with E-state index in [-0.39, 0.29) is 25.3 Å². The molecular weight excluding hydrogens is 405 g/mol. The molecule has 11 heteroatoms. The Labute approximate surface area is 170 Å². The second kappa shape index (κ2) is 8.72. The quantitative estimate of drug-likeness (QED) is 0.457. The highest BCUT2D eigenvalue weighted by molar-refractivity contribution is 6.07. The summed E-state index contributed by atoms with van der Waals surface area (Å²) in [6, 6.07) is 1.07. The van der Waals surface area contributed by atoms with Gasteiger partial charge in [-0.05, 0) is 31.4 Å². The number of halogens is 3. The Kier molecular flexibility index (Phi) is 6.28. The molecule has 1 aliphatic heterocycles. The molecule has 3 N–H and O–H groups in total. The van der Waals surface area contributed by atoms with Gasteiger partial charge in [0.25, 0.3) is 5.91 Å². The smallest absolute Gasteiger partial charge is 0.325 e. The van der Waals surface area contributed by atoms with Gasteiger partial charge in [0.1, 0.15) is 5.54 Å². The van der Waals surface area contributed by atoms with Crippen molar-refractivity contribution in [3.8, 4) is 0 Å². The number of imide groups is 1. The highest BCUT2D eigenvalue weighted by Gasteiger charge is 2.52. The summed E-state index contributed by atoms with van der Waals surface area (Å²) in [7, 11) is 0. The van der Waals surface area contributed by atoms with Crippen molar-refractivity contribution in [1.82, 2.24) is 15.5 Å². The van der Waals surface area contributed by atoms with E-state index in [1.165, 1.54) is 0 Å². The van der Waals surface area contributed by atoms with E-state index in [9.17, 15) is 32.3 Å². The molecule has 0 radical (unpaired) electrons. The van der Waals surface area contributed by atoms with E-state index >= 15 is 0 Å². The molecule has 2 fully saturated rings. The molecule has 162 valence electrons. The summed E-state index contributed by atoms with van der Waals surface area (Å²) in [5, 5.41) is 7.08. The monoisotopic (exact) mass is 426 g/mol. The first kappa shape index (κ1) is 21.6. The molecule has 1 saturated carbocycles. The number of carbonyl (C=O) groups excluding carboxylic acids is 4. The van der Waals surface area contributed by atoms with Crippen LogP contribution in [0, 0.1) is 17.5 Å². The lowest BCUT2D eigenvalue weighted by molar-refractivity contribution is -0.131. The maximum atomic E-state index is 13.5. The van der Waals surface area contributed by atoms with Crippen molar-refractivity contribution >= 4 is 29.4 Å². The fraction of sp³-hybridized carbons (Fsp3) is 0.474. The fourth-order valence-electron chi connectivity index (χ4n) is 3.68. The molecule has 1 aromatic rings. The molecule has 30 heavy (non-hydrogen) atoms. The number of carbonyl (C=O) groups is 4. The SMILES string of the molecule is O=C(CCCN1C(=O)NC2(CCCC2)C1=O)NCC(=O)Nc1ccc(F)c(F)c1F. The van der Waals surface area contributed by atoms with Crippen LogP contribution in [0.1, 0.15) is 38.5 Å². The number of nitrogens with zero attached hydrogens (tertiary/aromatic N) is 1. The van der Waals surface area contributed by atoms with Crippen molar-refractivity contribution in [2.24, 2.45) is 0 Å². The van der Waals surface area contributed by atoms with Crippen LogP contribution in [0.2, 0.25) is 0 Å². The lowest BCUT2D eigenvalue weighted by Crippen LogP contribution is -2.44. The van der Waals surface area contributed by atoms with Crippen LogP contribution in [-0.4, -0.2) is 47.3 Å². The Balaban J connectivity index is 1.40. The summed E-state index contributed by atoms with van der Waals surface area (Å²) >= 11 is 0. The first-order valence-electron chi connectivity index (χ1n) is 9.58. The molecule has 1 spiro atoms. The predicted molar refractivity (Wildman–Crippen MR) is 98.6 cm³/mol. The van der Waals surface area contributed by atoms with Crippen molar-refractivity contribution in [3.05, 3.63) is 29.6 Å². The van der Waals surface area contributed by atoms with Crippen LogP contribution < -0.4 is 16.0 Å². The summed E-state index contributed by atoms with van der Waals surface area (Å²) < 4.78 is 39.6. The van der Waals surface area contributed by atoms with Gasteiger partial charge in [-0.2, -0.15) is 0 Å². The molecule has 1 saturated heterocycles. The van der Waals surface area contributed by atoms with Crippen molar-refractivity contribution in [3.63, 3.8) is 0 Å². The Morgan fingerprint density at radius 2 is 1.77 bits per heavy atom. The first-order valence-corrected chi connectivity index (χ1v) is 9.58. The summed E-state index contributed by atoms with van der Waals surface area (Å²) in [5.74, 6) is -6.25. The highest BCUT2D eigenvalue weighted by Crippen LogP contribution is 2.35. The minimum atomic E-state index is -1.71. The number of rotatable bonds is 7. The zero-order chi connectivity index (χ0) is 21.9. The summed E-state index contributed by atoms with van der Waals surface area (Å²) in [5.41, 5.74) is -1.35. The lowest BCUT2D eigenvalue weighted by atomic mass is 9.98.